The fourth-order valence-electron chi connectivity index (χ4n) is 5.85. The fourth-order valence-corrected chi connectivity index (χ4v) is 5.85. The van der Waals surface area contributed by atoms with Gasteiger partial charge in [0.15, 0.2) is 5.70 Å². The van der Waals surface area contributed by atoms with Gasteiger partial charge < -0.3 is 17.6 Å². The standard InChI is InChI=1S/C25H25BF8N2/c1-7-19-12(3)22-21(16-9-17(24(27,28)29)11-18(10-16)25(30,31)32)23-13(4)20(8-2)15(6)36(23)26(33,34)35(22)14(19)5/h9-11H,7-8H2,1-6H3. The van der Waals surface area contributed by atoms with Crippen LogP contribution >= 0.6 is 0 Å². The zero-order valence-corrected chi connectivity index (χ0v) is 20.6. The van der Waals surface area contributed by atoms with Crippen molar-refractivity contribution >= 4 is 18.3 Å². The number of fused-ring (bicyclic) bond motifs is 2. The van der Waals surface area contributed by atoms with Crippen LogP contribution in [-0.2, 0) is 18.8 Å². The highest BCUT2D eigenvalue weighted by Crippen LogP contribution is 2.48. The molecule has 0 aliphatic carbocycles. The maximum atomic E-state index is 16.2. The van der Waals surface area contributed by atoms with E-state index in [0.717, 1.165) is 8.96 Å². The Bertz CT molecular complexity index is 1350. The molecule has 3 heterocycles. The van der Waals surface area contributed by atoms with Gasteiger partial charge >= 0.3 is 19.3 Å². The predicted octanol–water partition coefficient (Wildman–Crippen LogP) is 7.91. The third-order valence-corrected chi connectivity index (χ3v) is 7.37. The molecule has 0 saturated heterocycles. The van der Waals surface area contributed by atoms with Crippen molar-refractivity contribution in [3.8, 4) is 0 Å². The number of rotatable bonds is 3. The van der Waals surface area contributed by atoms with Crippen molar-refractivity contribution in [3.05, 3.63) is 74.2 Å². The SMILES string of the molecule is CCC1=C(C)C2=C(c3cc(C(F)(F)F)cc(C(F)(F)F)c3)c3c(C)c(CC)c(C)n3[B-](F)(F)[N+]2=C1C. The molecule has 0 radical (unpaired) electrons. The molecule has 0 atom stereocenters. The van der Waals surface area contributed by atoms with Gasteiger partial charge in [0.05, 0.1) is 16.7 Å². The summed E-state index contributed by atoms with van der Waals surface area (Å²) in [5, 5.41) is 0. The number of nitrogens with zero attached hydrogens (tertiary/aromatic N) is 2. The molecule has 1 aromatic carbocycles. The van der Waals surface area contributed by atoms with Crippen LogP contribution in [0.25, 0.3) is 5.57 Å². The Kier molecular flexibility index (Phi) is 5.89. The van der Waals surface area contributed by atoms with Gasteiger partial charge in [0, 0.05) is 23.8 Å². The van der Waals surface area contributed by atoms with E-state index in [0.29, 0.717) is 47.2 Å². The van der Waals surface area contributed by atoms with E-state index >= 15 is 8.63 Å². The van der Waals surface area contributed by atoms with Gasteiger partial charge in [-0.3, -0.25) is 0 Å². The maximum absolute atomic E-state index is 16.2. The summed E-state index contributed by atoms with van der Waals surface area (Å²) in [5.41, 5.74) is -1.04. The highest BCUT2D eigenvalue weighted by atomic mass is 19.4. The Balaban J connectivity index is 2.26. The van der Waals surface area contributed by atoms with Gasteiger partial charge in [0.2, 0.25) is 0 Å². The van der Waals surface area contributed by atoms with Crippen molar-refractivity contribution in [2.75, 3.05) is 0 Å². The van der Waals surface area contributed by atoms with Crippen LogP contribution < -0.4 is 0 Å². The van der Waals surface area contributed by atoms with Crippen LogP contribution in [0.15, 0.2) is 35.0 Å². The van der Waals surface area contributed by atoms with E-state index in [4.69, 9.17) is 0 Å². The molecule has 2 aromatic rings. The molecule has 0 bridgehead atoms. The number of benzene rings is 1. The molecule has 2 nitrogen and oxygen atoms in total. The van der Waals surface area contributed by atoms with Crippen molar-refractivity contribution < 1.29 is 39.5 Å². The predicted molar refractivity (Wildman–Crippen MR) is 123 cm³/mol. The van der Waals surface area contributed by atoms with Crippen molar-refractivity contribution in [3.63, 3.8) is 0 Å². The van der Waals surface area contributed by atoms with E-state index in [1.807, 2.05) is 0 Å². The second-order valence-electron chi connectivity index (χ2n) is 9.28. The minimum atomic E-state index is -5.07. The number of alkyl halides is 6. The van der Waals surface area contributed by atoms with Crippen molar-refractivity contribution in [2.24, 2.45) is 0 Å². The van der Waals surface area contributed by atoms with Gasteiger partial charge in [-0.2, -0.15) is 26.3 Å². The monoisotopic (exact) mass is 516 g/mol. The molecule has 11 heteroatoms. The maximum Gasteiger partial charge on any atom is 0.737 e. The molecular weight excluding hydrogens is 491 g/mol. The van der Waals surface area contributed by atoms with Crippen LogP contribution in [-0.4, -0.2) is 21.6 Å². The first-order chi connectivity index (χ1) is 16.5. The van der Waals surface area contributed by atoms with Gasteiger partial charge in [0.25, 0.3) is 0 Å². The number of hydrogen-bond acceptors (Lipinski definition) is 0. The summed E-state index contributed by atoms with van der Waals surface area (Å²) in [6.45, 7) is 5.27. The molecule has 0 unspecified atom stereocenters. The van der Waals surface area contributed by atoms with Crippen LogP contribution in [0.4, 0.5) is 35.0 Å². The Hall–Kier alpha value is -2.85. The number of aromatic nitrogens is 1. The fraction of sp³-hybridized carbons (Fsp3) is 0.400. The first-order valence-corrected chi connectivity index (χ1v) is 11.6. The van der Waals surface area contributed by atoms with Gasteiger partial charge in [0.1, 0.15) is 5.71 Å². The lowest BCUT2D eigenvalue weighted by Gasteiger charge is -2.34. The smallest absolute Gasteiger partial charge is 0.393 e. The third kappa shape index (κ3) is 3.56. The van der Waals surface area contributed by atoms with Gasteiger partial charge in [-0.15, -0.1) is 0 Å². The quantitative estimate of drug-likeness (QED) is 0.290. The molecule has 36 heavy (non-hydrogen) atoms. The topological polar surface area (TPSA) is 7.94 Å². The molecule has 2 aliphatic heterocycles. The van der Waals surface area contributed by atoms with E-state index in [9.17, 15) is 26.3 Å². The number of allylic oxidation sites excluding steroid dienone is 2. The lowest BCUT2D eigenvalue weighted by Crippen LogP contribution is -2.51. The average molecular weight is 516 g/mol. The molecule has 0 saturated carbocycles. The molecule has 0 fully saturated rings. The number of halogens is 8. The Morgan fingerprint density at radius 3 is 1.81 bits per heavy atom. The summed E-state index contributed by atoms with van der Waals surface area (Å²) in [5.74, 6) is 0. The van der Waals surface area contributed by atoms with E-state index in [1.165, 1.54) is 13.8 Å². The molecule has 0 spiro atoms. The highest BCUT2D eigenvalue weighted by Gasteiger charge is 2.57. The number of hydrogen-bond donors (Lipinski definition) is 0. The van der Waals surface area contributed by atoms with Gasteiger partial charge in [-0.1, -0.05) is 13.8 Å². The Labute approximate surface area is 203 Å². The third-order valence-electron chi connectivity index (χ3n) is 7.37. The summed E-state index contributed by atoms with van der Waals surface area (Å²) >= 11 is 0. The van der Waals surface area contributed by atoms with E-state index in [2.05, 4.69) is 0 Å². The minimum Gasteiger partial charge on any atom is -0.393 e. The summed E-state index contributed by atoms with van der Waals surface area (Å²) in [7, 11) is 0. The lowest BCUT2D eigenvalue weighted by molar-refractivity contribution is -0.363. The van der Waals surface area contributed by atoms with Gasteiger partial charge in [-0.05, 0) is 74.2 Å². The average Bonchev–Trinajstić information content (AvgIpc) is 3.17. The zero-order chi connectivity index (χ0) is 27.1. The second kappa shape index (κ2) is 8.08. The largest absolute Gasteiger partial charge is 0.737 e. The molecule has 1 aromatic heterocycles. The molecular formula is C25H25BF8N2. The Morgan fingerprint density at radius 2 is 1.36 bits per heavy atom. The van der Waals surface area contributed by atoms with E-state index < -0.39 is 36.0 Å². The molecule has 194 valence electrons. The summed E-state index contributed by atoms with van der Waals surface area (Å²) in [6.07, 6.45) is -9.38. The Morgan fingerprint density at radius 1 is 0.833 bits per heavy atom. The molecule has 0 amide bonds. The normalized spacial score (nSPS) is 17.8. The van der Waals surface area contributed by atoms with E-state index in [1.54, 1.807) is 27.7 Å². The van der Waals surface area contributed by atoms with Crippen LogP contribution in [0.1, 0.15) is 73.3 Å². The van der Waals surface area contributed by atoms with Crippen molar-refractivity contribution in [2.45, 2.75) is 66.7 Å². The summed E-state index contributed by atoms with van der Waals surface area (Å²) < 4.78 is 116. The van der Waals surface area contributed by atoms with Gasteiger partial charge in [-0.25, -0.2) is 0 Å². The van der Waals surface area contributed by atoms with Crippen LogP contribution in [0.2, 0.25) is 0 Å². The lowest BCUT2D eigenvalue weighted by atomic mass is 9.83. The van der Waals surface area contributed by atoms with E-state index in [-0.39, 0.29) is 34.4 Å². The molecule has 2 aliphatic rings. The highest BCUT2D eigenvalue weighted by molar-refractivity contribution is 6.58. The van der Waals surface area contributed by atoms with Crippen LogP contribution in [0, 0.1) is 13.8 Å². The molecule has 4 rings (SSSR count). The van der Waals surface area contributed by atoms with Crippen LogP contribution in [0.5, 0.6) is 0 Å². The summed E-state index contributed by atoms with van der Waals surface area (Å²) in [4.78, 5) is 0. The van der Waals surface area contributed by atoms with Crippen molar-refractivity contribution in [1.82, 2.24) is 4.48 Å². The summed E-state index contributed by atoms with van der Waals surface area (Å²) in [6, 6.07) is 1.29. The zero-order valence-electron chi connectivity index (χ0n) is 20.6. The first kappa shape index (κ1) is 26.2. The first-order valence-electron chi connectivity index (χ1n) is 11.6. The second-order valence-corrected chi connectivity index (χ2v) is 9.28. The molecule has 0 N–H and O–H groups in total. The van der Waals surface area contributed by atoms with Crippen molar-refractivity contribution in [1.29, 1.82) is 0 Å². The van der Waals surface area contributed by atoms with Crippen LogP contribution in [0.3, 0.4) is 0 Å². The minimum absolute atomic E-state index is 0.0439.